The lowest BCUT2D eigenvalue weighted by Gasteiger charge is -2.21. The Hall–Kier alpha value is -0.920. The van der Waals surface area contributed by atoms with Gasteiger partial charge in [0, 0.05) is 7.11 Å². The summed E-state index contributed by atoms with van der Waals surface area (Å²) in [4.78, 5) is 0. The summed E-state index contributed by atoms with van der Waals surface area (Å²) in [6, 6.07) is 0. The molecule has 0 bridgehead atoms. The molecule has 0 aliphatic rings. The van der Waals surface area contributed by atoms with Gasteiger partial charge in [-0.15, -0.1) is 6.42 Å². The smallest absolute Gasteiger partial charge is 0.126 e. The molecule has 1 unspecified atom stereocenters. The van der Waals surface area contributed by atoms with E-state index in [9.17, 15) is 0 Å². The molecule has 0 fully saturated rings. The molecule has 0 heterocycles. The number of hydrogen-bond donors (Lipinski definition) is 0. The van der Waals surface area contributed by atoms with E-state index in [1.54, 1.807) is 7.11 Å². The van der Waals surface area contributed by atoms with E-state index in [0.717, 1.165) is 12.8 Å². The van der Waals surface area contributed by atoms with Crippen molar-refractivity contribution in [2.24, 2.45) is 0 Å². The van der Waals surface area contributed by atoms with Crippen LogP contribution in [0.15, 0.2) is 0 Å². The first-order valence-corrected chi connectivity index (χ1v) is 5.21. The molecule has 0 saturated heterocycles. The summed E-state index contributed by atoms with van der Waals surface area (Å²) in [7, 11) is 1.69. The van der Waals surface area contributed by atoms with Gasteiger partial charge in [0.05, 0.1) is 0 Å². The second-order valence-corrected chi connectivity index (χ2v) is 3.64. The average Bonchev–Trinajstić information content (AvgIpc) is 2.22. The zero-order valence-corrected chi connectivity index (χ0v) is 9.52. The quantitative estimate of drug-likeness (QED) is 0.464. The molecule has 1 heteroatoms. The molecular weight excluding hydrogens is 172 g/mol. The lowest BCUT2D eigenvalue weighted by molar-refractivity contribution is 0.0477. The van der Waals surface area contributed by atoms with Gasteiger partial charge >= 0.3 is 0 Å². The number of terminal acetylenes is 1. The Bertz CT molecular complexity index is 238. The van der Waals surface area contributed by atoms with E-state index in [4.69, 9.17) is 11.2 Å². The van der Waals surface area contributed by atoms with Crippen molar-refractivity contribution in [3.63, 3.8) is 0 Å². The molecule has 0 rings (SSSR count). The Labute approximate surface area is 88.2 Å². The Morgan fingerprint density at radius 2 is 2.00 bits per heavy atom. The molecule has 14 heavy (non-hydrogen) atoms. The van der Waals surface area contributed by atoms with Crippen LogP contribution in [-0.4, -0.2) is 12.7 Å². The summed E-state index contributed by atoms with van der Waals surface area (Å²) < 4.78 is 5.35. The minimum atomic E-state index is -0.361. The number of unbranched alkanes of at least 4 members (excludes halogenated alkanes) is 3. The summed E-state index contributed by atoms with van der Waals surface area (Å²) >= 11 is 0. The molecule has 0 radical (unpaired) electrons. The first kappa shape index (κ1) is 13.1. The minimum absolute atomic E-state index is 0.361. The van der Waals surface area contributed by atoms with Crippen molar-refractivity contribution in [3.05, 3.63) is 0 Å². The number of ether oxygens (including phenoxy) is 1. The zero-order valence-electron chi connectivity index (χ0n) is 9.52. The SMILES string of the molecule is C#CC#CC(C)(CCCCCC)OC. The number of methoxy groups -OCH3 is 1. The van der Waals surface area contributed by atoms with Gasteiger partial charge in [-0.05, 0) is 31.6 Å². The Kier molecular flexibility index (Phi) is 6.99. The molecule has 0 aliphatic carbocycles. The highest BCUT2D eigenvalue weighted by Gasteiger charge is 2.19. The maximum Gasteiger partial charge on any atom is 0.126 e. The van der Waals surface area contributed by atoms with E-state index in [-0.39, 0.29) is 5.60 Å². The van der Waals surface area contributed by atoms with Crippen molar-refractivity contribution in [2.45, 2.75) is 51.6 Å². The average molecular weight is 192 g/mol. The van der Waals surface area contributed by atoms with E-state index >= 15 is 0 Å². The van der Waals surface area contributed by atoms with Crippen LogP contribution in [0.3, 0.4) is 0 Å². The van der Waals surface area contributed by atoms with Crippen LogP contribution in [0, 0.1) is 24.2 Å². The predicted molar refractivity (Wildman–Crippen MR) is 60.8 cm³/mol. The van der Waals surface area contributed by atoms with Gasteiger partial charge in [-0.25, -0.2) is 0 Å². The Morgan fingerprint density at radius 3 is 2.50 bits per heavy atom. The number of hydrogen-bond acceptors (Lipinski definition) is 1. The van der Waals surface area contributed by atoms with Crippen LogP contribution in [-0.2, 0) is 4.74 Å². The third-order valence-electron chi connectivity index (χ3n) is 2.36. The molecule has 1 atom stereocenters. The molecule has 0 spiro atoms. The fourth-order valence-electron chi connectivity index (χ4n) is 1.27. The molecule has 1 nitrogen and oxygen atoms in total. The number of rotatable bonds is 6. The second-order valence-electron chi connectivity index (χ2n) is 3.64. The van der Waals surface area contributed by atoms with Crippen molar-refractivity contribution in [3.8, 4) is 24.2 Å². The lowest BCUT2D eigenvalue weighted by Crippen LogP contribution is -2.24. The molecular formula is C13H20O. The summed E-state index contributed by atoms with van der Waals surface area (Å²) in [5.41, 5.74) is -0.361. The molecule has 0 aromatic heterocycles. The summed E-state index contributed by atoms with van der Waals surface area (Å²) in [6.45, 7) is 4.19. The van der Waals surface area contributed by atoms with E-state index in [1.807, 2.05) is 6.92 Å². The van der Waals surface area contributed by atoms with Crippen molar-refractivity contribution in [1.82, 2.24) is 0 Å². The van der Waals surface area contributed by atoms with Crippen LogP contribution in [0.2, 0.25) is 0 Å². The van der Waals surface area contributed by atoms with Crippen molar-refractivity contribution in [1.29, 1.82) is 0 Å². The standard InChI is InChI=1S/C13H20O/c1-5-7-9-10-12-13(3,14-4)11-8-6-2/h2H,5,7,9-10,12H2,1,3-4H3. The van der Waals surface area contributed by atoms with Gasteiger partial charge in [0.1, 0.15) is 5.60 Å². The van der Waals surface area contributed by atoms with Crippen LogP contribution >= 0.6 is 0 Å². The minimum Gasteiger partial charge on any atom is -0.366 e. The normalized spacial score (nSPS) is 13.6. The fourth-order valence-corrected chi connectivity index (χ4v) is 1.27. The molecule has 0 aromatic rings. The molecule has 0 saturated carbocycles. The topological polar surface area (TPSA) is 9.23 Å². The third-order valence-corrected chi connectivity index (χ3v) is 2.36. The van der Waals surface area contributed by atoms with Crippen molar-refractivity contribution in [2.75, 3.05) is 7.11 Å². The summed E-state index contributed by atoms with van der Waals surface area (Å²) in [6.07, 6.45) is 11.0. The van der Waals surface area contributed by atoms with Gasteiger partial charge in [-0.3, -0.25) is 0 Å². The van der Waals surface area contributed by atoms with Crippen LogP contribution in [0.4, 0.5) is 0 Å². The Balaban J connectivity index is 3.95. The highest BCUT2D eigenvalue weighted by atomic mass is 16.5. The monoisotopic (exact) mass is 192 g/mol. The van der Waals surface area contributed by atoms with Gasteiger partial charge in [-0.1, -0.05) is 32.1 Å². The van der Waals surface area contributed by atoms with Crippen molar-refractivity contribution >= 4 is 0 Å². The molecule has 0 aromatic carbocycles. The van der Waals surface area contributed by atoms with Gasteiger partial charge in [0.25, 0.3) is 0 Å². The van der Waals surface area contributed by atoms with Gasteiger partial charge < -0.3 is 4.74 Å². The van der Waals surface area contributed by atoms with Gasteiger partial charge in [0.15, 0.2) is 0 Å². The van der Waals surface area contributed by atoms with E-state index in [2.05, 4.69) is 24.7 Å². The van der Waals surface area contributed by atoms with Gasteiger partial charge in [-0.2, -0.15) is 0 Å². The fraction of sp³-hybridized carbons (Fsp3) is 0.692. The van der Waals surface area contributed by atoms with E-state index in [1.165, 1.54) is 19.3 Å². The van der Waals surface area contributed by atoms with Crippen molar-refractivity contribution < 1.29 is 4.74 Å². The summed E-state index contributed by atoms with van der Waals surface area (Å²) in [5.74, 6) is 7.92. The highest BCUT2D eigenvalue weighted by molar-refractivity contribution is 5.26. The highest BCUT2D eigenvalue weighted by Crippen LogP contribution is 2.17. The molecule has 0 amide bonds. The Morgan fingerprint density at radius 1 is 1.29 bits per heavy atom. The molecule has 78 valence electrons. The summed E-state index contributed by atoms with van der Waals surface area (Å²) in [5, 5.41) is 0. The first-order valence-electron chi connectivity index (χ1n) is 5.21. The van der Waals surface area contributed by atoms with Crippen LogP contribution < -0.4 is 0 Å². The zero-order chi connectivity index (χ0) is 10.9. The third kappa shape index (κ3) is 5.68. The van der Waals surface area contributed by atoms with Crippen LogP contribution in [0.25, 0.3) is 0 Å². The maximum absolute atomic E-state index is 5.35. The molecule has 0 aliphatic heterocycles. The predicted octanol–water partition coefficient (Wildman–Crippen LogP) is 3.00. The van der Waals surface area contributed by atoms with E-state index in [0.29, 0.717) is 0 Å². The maximum atomic E-state index is 5.35. The van der Waals surface area contributed by atoms with Crippen LogP contribution in [0.5, 0.6) is 0 Å². The lowest BCUT2D eigenvalue weighted by atomic mass is 9.98. The molecule has 0 N–H and O–H groups in total. The second kappa shape index (κ2) is 7.48. The van der Waals surface area contributed by atoms with E-state index < -0.39 is 0 Å². The van der Waals surface area contributed by atoms with Crippen LogP contribution in [0.1, 0.15) is 46.0 Å². The first-order chi connectivity index (χ1) is 6.68. The largest absolute Gasteiger partial charge is 0.366 e. The van der Waals surface area contributed by atoms with Gasteiger partial charge in [0.2, 0.25) is 0 Å².